The van der Waals surface area contributed by atoms with Crippen LogP contribution in [0.3, 0.4) is 0 Å². The average Bonchev–Trinajstić information content (AvgIpc) is 3.31. The zero-order chi connectivity index (χ0) is 14.6. The second-order valence-electron chi connectivity index (χ2n) is 6.56. The van der Waals surface area contributed by atoms with Crippen LogP contribution in [-0.4, -0.2) is 48.7 Å². The van der Waals surface area contributed by atoms with E-state index in [4.69, 9.17) is 4.74 Å². The first-order chi connectivity index (χ1) is 9.59. The minimum Gasteiger partial charge on any atom is -0.468 e. The fourth-order valence-electron chi connectivity index (χ4n) is 2.97. The molecule has 4 nitrogen and oxygen atoms in total. The van der Waals surface area contributed by atoms with Crippen molar-refractivity contribution < 1.29 is 9.53 Å². The van der Waals surface area contributed by atoms with E-state index < -0.39 is 5.54 Å². The molecular formula is C16H30N2O2. The van der Waals surface area contributed by atoms with Crippen LogP contribution in [0.2, 0.25) is 0 Å². The zero-order valence-electron chi connectivity index (χ0n) is 13.3. The fraction of sp³-hybridized carbons (Fsp3) is 0.938. The number of ether oxygens (including phenoxy) is 1. The first-order valence-electron chi connectivity index (χ1n) is 8.19. The Morgan fingerprint density at radius 3 is 2.50 bits per heavy atom. The third-order valence-corrected chi connectivity index (χ3v) is 4.58. The molecule has 0 heterocycles. The van der Waals surface area contributed by atoms with Gasteiger partial charge >= 0.3 is 5.97 Å². The SMILES string of the molecule is CCN(CCCCC(C)(NC1CC1)C(=O)OC)C1CC1. The number of esters is 1. The van der Waals surface area contributed by atoms with Crippen molar-refractivity contribution in [2.24, 2.45) is 0 Å². The first kappa shape index (κ1) is 15.8. The van der Waals surface area contributed by atoms with Gasteiger partial charge in [0, 0.05) is 12.1 Å². The second-order valence-corrected chi connectivity index (χ2v) is 6.56. The van der Waals surface area contributed by atoms with Gasteiger partial charge in [-0.15, -0.1) is 0 Å². The standard InChI is InChI=1S/C16H30N2O2/c1-4-18(14-9-10-14)12-6-5-11-16(2,15(19)20-3)17-13-7-8-13/h13-14,17H,4-12H2,1-3H3. The van der Waals surface area contributed by atoms with Gasteiger partial charge in [0.25, 0.3) is 0 Å². The lowest BCUT2D eigenvalue weighted by Gasteiger charge is -2.28. The maximum Gasteiger partial charge on any atom is 0.325 e. The predicted octanol–water partition coefficient (Wildman–Crippen LogP) is 2.32. The van der Waals surface area contributed by atoms with E-state index in [9.17, 15) is 4.79 Å². The lowest BCUT2D eigenvalue weighted by molar-refractivity contribution is -0.148. The molecule has 0 aromatic rings. The fourth-order valence-corrected chi connectivity index (χ4v) is 2.97. The monoisotopic (exact) mass is 282 g/mol. The summed E-state index contributed by atoms with van der Waals surface area (Å²) in [5.41, 5.74) is -0.494. The van der Waals surface area contributed by atoms with Gasteiger partial charge in [-0.05, 0) is 65.0 Å². The molecule has 0 aliphatic heterocycles. The maximum atomic E-state index is 12.0. The highest BCUT2D eigenvalue weighted by molar-refractivity contribution is 5.80. The van der Waals surface area contributed by atoms with Crippen LogP contribution in [-0.2, 0) is 9.53 Å². The van der Waals surface area contributed by atoms with Crippen LogP contribution in [0.5, 0.6) is 0 Å². The molecule has 20 heavy (non-hydrogen) atoms. The highest BCUT2D eigenvalue weighted by Crippen LogP contribution is 2.28. The molecule has 0 amide bonds. The summed E-state index contributed by atoms with van der Waals surface area (Å²) in [6, 6.07) is 1.37. The molecule has 1 N–H and O–H groups in total. The molecular weight excluding hydrogens is 252 g/mol. The number of nitrogens with zero attached hydrogens (tertiary/aromatic N) is 1. The van der Waals surface area contributed by atoms with Gasteiger partial charge in [0.2, 0.25) is 0 Å². The summed E-state index contributed by atoms with van der Waals surface area (Å²) in [6.45, 7) is 6.56. The topological polar surface area (TPSA) is 41.6 Å². The van der Waals surface area contributed by atoms with Gasteiger partial charge in [0.05, 0.1) is 7.11 Å². The number of rotatable bonds is 10. The molecule has 0 aromatic heterocycles. The molecule has 2 aliphatic carbocycles. The number of hydrogen-bond acceptors (Lipinski definition) is 4. The zero-order valence-corrected chi connectivity index (χ0v) is 13.3. The van der Waals surface area contributed by atoms with Crippen molar-refractivity contribution in [3.63, 3.8) is 0 Å². The number of hydrogen-bond donors (Lipinski definition) is 1. The first-order valence-corrected chi connectivity index (χ1v) is 8.19. The minimum atomic E-state index is -0.494. The lowest BCUT2D eigenvalue weighted by Crippen LogP contribution is -2.51. The van der Waals surface area contributed by atoms with Crippen molar-refractivity contribution >= 4 is 5.97 Å². The Kier molecular flexibility index (Phi) is 5.44. The van der Waals surface area contributed by atoms with Gasteiger partial charge in [0.15, 0.2) is 0 Å². The summed E-state index contributed by atoms with van der Waals surface area (Å²) < 4.78 is 4.98. The number of nitrogens with one attached hydrogen (secondary N) is 1. The molecule has 0 bridgehead atoms. The van der Waals surface area contributed by atoms with Gasteiger partial charge in [-0.3, -0.25) is 10.1 Å². The van der Waals surface area contributed by atoms with Crippen molar-refractivity contribution in [1.82, 2.24) is 10.2 Å². The van der Waals surface area contributed by atoms with Crippen molar-refractivity contribution in [3.05, 3.63) is 0 Å². The van der Waals surface area contributed by atoms with Crippen LogP contribution in [0.4, 0.5) is 0 Å². The van der Waals surface area contributed by atoms with Crippen LogP contribution < -0.4 is 5.32 Å². The molecule has 2 aliphatic rings. The van der Waals surface area contributed by atoms with Crippen LogP contribution in [0.25, 0.3) is 0 Å². The largest absolute Gasteiger partial charge is 0.468 e. The van der Waals surface area contributed by atoms with Crippen molar-refractivity contribution in [3.8, 4) is 0 Å². The maximum absolute atomic E-state index is 12.0. The number of carbonyl (C=O) groups is 1. The lowest BCUT2D eigenvalue weighted by atomic mass is 9.94. The highest BCUT2D eigenvalue weighted by atomic mass is 16.5. The van der Waals surface area contributed by atoms with E-state index in [0.29, 0.717) is 6.04 Å². The molecule has 1 unspecified atom stereocenters. The molecule has 0 saturated heterocycles. The summed E-state index contributed by atoms with van der Waals surface area (Å²) in [5.74, 6) is -0.112. The van der Waals surface area contributed by atoms with Crippen molar-refractivity contribution in [2.75, 3.05) is 20.2 Å². The Hall–Kier alpha value is -0.610. The Morgan fingerprint density at radius 2 is 2.00 bits per heavy atom. The molecule has 0 spiro atoms. The van der Waals surface area contributed by atoms with Crippen LogP contribution in [0.15, 0.2) is 0 Å². The second kappa shape index (κ2) is 6.90. The van der Waals surface area contributed by atoms with E-state index in [0.717, 1.165) is 25.4 Å². The van der Waals surface area contributed by atoms with E-state index in [2.05, 4.69) is 17.1 Å². The predicted molar refractivity (Wildman–Crippen MR) is 80.7 cm³/mol. The molecule has 0 radical (unpaired) electrons. The van der Waals surface area contributed by atoms with E-state index in [1.54, 1.807) is 0 Å². The Balaban J connectivity index is 1.71. The van der Waals surface area contributed by atoms with E-state index >= 15 is 0 Å². The summed E-state index contributed by atoms with van der Waals surface area (Å²) >= 11 is 0. The Bertz CT molecular complexity index is 326. The van der Waals surface area contributed by atoms with Crippen LogP contribution in [0.1, 0.15) is 58.8 Å². The van der Waals surface area contributed by atoms with E-state index in [1.807, 2.05) is 6.92 Å². The molecule has 0 aromatic carbocycles. The van der Waals surface area contributed by atoms with Gasteiger partial charge in [-0.25, -0.2) is 0 Å². The van der Waals surface area contributed by atoms with Crippen molar-refractivity contribution in [2.45, 2.75) is 76.4 Å². The van der Waals surface area contributed by atoms with E-state index in [1.165, 1.54) is 45.8 Å². The van der Waals surface area contributed by atoms with E-state index in [-0.39, 0.29) is 5.97 Å². The summed E-state index contributed by atoms with van der Waals surface area (Å²) in [7, 11) is 1.49. The Morgan fingerprint density at radius 1 is 1.30 bits per heavy atom. The van der Waals surface area contributed by atoms with Crippen LogP contribution >= 0.6 is 0 Å². The molecule has 2 rings (SSSR count). The summed E-state index contributed by atoms with van der Waals surface area (Å²) in [6.07, 6.45) is 8.25. The molecule has 1 atom stereocenters. The third kappa shape index (κ3) is 4.45. The molecule has 116 valence electrons. The Labute approximate surface area is 123 Å². The number of carbonyl (C=O) groups excluding carboxylic acids is 1. The van der Waals surface area contributed by atoms with Gasteiger partial charge in [-0.2, -0.15) is 0 Å². The molecule has 2 fully saturated rings. The average molecular weight is 282 g/mol. The summed E-state index contributed by atoms with van der Waals surface area (Å²) in [5, 5.41) is 3.47. The van der Waals surface area contributed by atoms with Crippen molar-refractivity contribution in [1.29, 1.82) is 0 Å². The minimum absolute atomic E-state index is 0.112. The summed E-state index contributed by atoms with van der Waals surface area (Å²) in [4.78, 5) is 14.6. The normalized spacial score (nSPS) is 21.8. The quantitative estimate of drug-likeness (QED) is 0.493. The smallest absolute Gasteiger partial charge is 0.325 e. The number of unbranched alkanes of at least 4 members (excludes halogenated alkanes) is 1. The molecule has 2 saturated carbocycles. The number of methoxy groups -OCH3 is 1. The molecule has 4 heteroatoms. The third-order valence-electron chi connectivity index (χ3n) is 4.58. The van der Waals surface area contributed by atoms with Gasteiger partial charge in [0.1, 0.15) is 5.54 Å². The highest BCUT2D eigenvalue weighted by Gasteiger charge is 2.38. The van der Waals surface area contributed by atoms with Gasteiger partial charge < -0.3 is 9.64 Å². The van der Waals surface area contributed by atoms with Gasteiger partial charge in [-0.1, -0.05) is 6.92 Å². The van der Waals surface area contributed by atoms with Crippen LogP contribution in [0, 0.1) is 0 Å².